The number of rotatable bonds is 5. The number of carbonyl (C=O) groups excluding carboxylic acids is 2. The first-order chi connectivity index (χ1) is 14.9. The van der Waals surface area contributed by atoms with Crippen LogP contribution < -0.4 is 5.01 Å². The van der Waals surface area contributed by atoms with Crippen molar-refractivity contribution in [3.05, 3.63) is 30.3 Å². The molecule has 0 saturated carbocycles. The number of Topliss-reactive ketones (excluding diaryl/α,β-unsaturated/α-hetero) is 1. The minimum absolute atomic E-state index is 0.0585. The first kappa shape index (κ1) is 21.9. The molecular formula is C20H27N5O5S. The molecule has 31 heavy (non-hydrogen) atoms. The van der Waals surface area contributed by atoms with Crippen molar-refractivity contribution in [1.29, 1.82) is 0 Å². The highest BCUT2D eigenvalue weighted by atomic mass is 32.2. The van der Waals surface area contributed by atoms with Crippen LogP contribution in [0, 0.1) is 0 Å². The normalized spacial score (nSPS) is 23.6. The number of hydrazone groups is 1. The topological polar surface area (TPSA) is 103 Å². The summed E-state index contributed by atoms with van der Waals surface area (Å²) in [7, 11) is -3.55. The van der Waals surface area contributed by atoms with Crippen LogP contribution in [-0.4, -0.2) is 97.9 Å². The molecule has 1 aromatic rings. The van der Waals surface area contributed by atoms with E-state index in [-0.39, 0.29) is 44.3 Å². The molecule has 4 rings (SSSR count). The predicted molar refractivity (Wildman–Crippen MR) is 115 cm³/mol. The van der Waals surface area contributed by atoms with Crippen LogP contribution in [0.5, 0.6) is 0 Å². The minimum atomic E-state index is -3.55. The van der Waals surface area contributed by atoms with Crippen molar-refractivity contribution in [2.24, 2.45) is 5.10 Å². The number of benzene rings is 1. The Bertz CT molecular complexity index is 953. The summed E-state index contributed by atoms with van der Waals surface area (Å²) in [5, 5.41) is 6.07. The van der Waals surface area contributed by atoms with Crippen molar-refractivity contribution in [3.8, 4) is 0 Å². The number of ether oxygens (including phenoxy) is 1. The lowest BCUT2D eigenvalue weighted by atomic mass is 10.1. The number of para-hydroxylation sites is 1. The highest BCUT2D eigenvalue weighted by Crippen LogP contribution is 2.26. The summed E-state index contributed by atoms with van der Waals surface area (Å²) >= 11 is 0. The summed E-state index contributed by atoms with van der Waals surface area (Å²) < 4.78 is 33.7. The molecule has 3 heterocycles. The Morgan fingerprint density at radius 2 is 1.58 bits per heavy atom. The first-order valence-electron chi connectivity index (χ1n) is 10.4. The summed E-state index contributed by atoms with van der Waals surface area (Å²) in [5.41, 5.74) is 1.08. The lowest BCUT2D eigenvalue weighted by Crippen LogP contribution is -2.56. The summed E-state index contributed by atoms with van der Waals surface area (Å²) in [4.78, 5) is 26.8. The summed E-state index contributed by atoms with van der Waals surface area (Å²) in [5.74, 6) is -0.301. The molecular weight excluding hydrogens is 422 g/mol. The molecule has 3 aliphatic heterocycles. The molecule has 10 nitrogen and oxygen atoms in total. The van der Waals surface area contributed by atoms with Gasteiger partial charge >= 0.3 is 0 Å². The van der Waals surface area contributed by atoms with Crippen LogP contribution in [0.1, 0.15) is 13.3 Å². The second-order valence-electron chi connectivity index (χ2n) is 7.77. The fraction of sp³-hybridized carbons (Fsp3) is 0.550. The van der Waals surface area contributed by atoms with Crippen molar-refractivity contribution in [2.45, 2.75) is 19.4 Å². The summed E-state index contributed by atoms with van der Waals surface area (Å²) in [6.07, 6.45) is 0.245. The van der Waals surface area contributed by atoms with E-state index in [1.165, 1.54) is 15.5 Å². The Morgan fingerprint density at radius 1 is 0.968 bits per heavy atom. The average Bonchev–Trinajstić information content (AvgIpc) is 3.26. The second-order valence-corrected chi connectivity index (χ2v) is 9.70. The molecule has 0 N–H and O–H groups in total. The lowest BCUT2D eigenvalue weighted by Gasteiger charge is -2.37. The number of morpholine rings is 1. The van der Waals surface area contributed by atoms with Gasteiger partial charge in [0.1, 0.15) is 11.8 Å². The van der Waals surface area contributed by atoms with E-state index in [1.54, 1.807) is 9.91 Å². The van der Waals surface area contributed by atoms with E-state index in [2.05, 4.69) is 5.10 Å². The van der Waals surface area contributed by atoms with Crippen molar-refractivity contribution < 1.29 is 22.7 Å². The van der Waals surface area contributed by atoms with Crippen molar-refractivity contribution in [1.82, 2.24) is 13.5 Å². The van der Waals surface area contributed by atoms with Crippen molar-refractivity contribution in [3.63, 3.8) is 0 Å². The van der Waals surface area contributed by atoms with Gasteiger partial charge in [-0.15, -0.1) is 0 Å². The number of anilines is 1. The van der Waals surface area contributed by atoms with Gasteiger partial charge in [0.15, 0.2) is 5.78 Å². The number of ketones is 1. The van der Waals surface area contributed by atoms with E-state index >= 15 is 0 Å². The maximum Gasteiger partial charge on any atom is 0.282 e. The fourth-order valence-corrected chi connectivity index (χ4v) is 5.58. The highest BCUT2D eigenvalue weighted by molar-refractivity contribution is 7.86. The Morgan fingerprint density at radius 3 is 2.19 bits per heavy atom. The molecule has 1 aromatic carbocycles. The lowest BCUT2D eigenvalue weighted by molar-refractivity contribution is -0.125. The number of hydrogen-bond donors (Lipinski definition) is 0. The van der Waals surface area contributed by atoms with E-state index in [9.17, 15) is 18.0 Å². The van der Waals surface area contributed by atoms with Crippen LogP contribution >= 0.6 is 0 Å². The SMILES string of the molecule is CC(=O)C1CC(C(=O)N2CCN(S(=O)(=O)N3CCOCC3)CC2)=NN1c1ccccc1. The summed E-state index contributed by atoms with van der Waals surface area (Å²) in [6.45, 7) is 4.03. The zero-order valence-electron chi connectivity index (χ0n) is 17.5. The number of amides is 1. The molecule has 0 radical (unpaired) electrons. The highest BCUT2D eigenvalue weighted by Gasteiger charge is 2.38. The zero-order valence-corrected chi connectivity index (χ0v) is 18.3. The van der Waals surface area contributed by atoms with Gasteiger partial charge in [0, 0.05) is 45.7 Å². The molecule has 168 valence electrons. The van der Waals surface area contributed by atoms with Gasteiger partial charge in [0.25, 0.3) is 16.1 Å². The number of carbonyl (C=O) groups is 2. The van der Waals surface area contributed by atoms with Crippen LogP contribution in [-0.2, 0) is 24.5 Å². The Balaban J connectivity index is 1.42. The number of piperazine rings is 1. The molecule has 0 spiro atoms. The Hall–Kier alpha value is -2.34. The molecule has 2 fully saturated rings. The van der Waals surface area contributed by atoms with E-state index < -0.39 is 16.3 Å². The third-order valence-corrected chi connectivity index (χ3v) is 7.83. The number of nitrogens with zero attached hydrogens (tertiary/aromatic N) is 5. The van der Waals surface area contributed by atoms with Gasteiger partial charge in [0.05, 0.1) is 18.9 Å². The van der Waals surface area contributed by atoms with E-state index in [0.29, 0.717) is 32.0 Å². The van der Waals surface area contributed by atoms with Crippen LogP contribution in [0.3, 0.4) is 0 Å². The monoisotopic (exact) mass is 449 g/mol. The predicted octanol–water partition coefficient (Wildman–Crippen LogP) is -0.0685. The van der Waals surface area contributed by atoms with Crippen LogP contribution in [0.4, 0.5) is 5.69 Å². The molecule has 0 aromatic heterocycles. The van der Waals surface area contributed by atoms with Gasteiger partial charge in [-0.3, -0.25) is 14.6 Å². The average molecular weight is 450 g/mol. The van der Waals surface area contributed by atoms with E-state index in [1.807, 2.05) is 30.3 Å². The molecule has 11 heteroatoms. The molecule has 0 aliphatic carbocycles. The van der Waals surface area contributed by atoms with Crippen molar-refractivity contribution in [2.75, 3.05) is 57.5 Å². The second kappa shape index (κ2) is 9.03. The van der Waals surface area contributed by atoms with Gasteiger partial charge in [0.2, 0.25) is 0 Å². The van der Waals surface area contributed by atoms with Gasteiger partial charge in [-0.25, -0.2) is 0 Å². The number of hydrogen-bond acceptors (Lipinski definition) is 7. The van der Waals surface area contributed by atoms with Gasteiger partial charge in [-0.2, -0.15) is 22.1 Å². The quantitative estimate of drug-likeness (QED) is 0.624. The van der Waals surface area contributed by atoms with Crippen molar-refractivity contribution >= 4 is 33.3 Å². The molecule has 2 saturated heterocycles. The van der Waals surface area contributed by atoms with Crippen LogP contribution in [0.2, 0.25) is 0 Å². The fourth-order valence-electron chi connectivity index (χ4n) is 4.02. The molecule has 3 aliphatic rings. The maximum atomic E-state index is 13.1. The molecule has 0 bridgehead atoms. The molecule has 1 atom stereocenters. The molecule has 1 unspecified atom stereocenters. The largest absolute Gasteiger partial charge is 0.379 e. The Kier molecular flexibility index (Phi) is 6.37. The third kappa shape index (κ3) is 4.49. The van der Waals surface area contributed by atoms with Crippen LogP contribution in [0.15, 0.2) is 35.4 Å². The Labute approximate surface area is 182 Å². The zero-order chi connectivity index (χ0) is 22.0. The van der Waals surface area contributed by atoms with Crippen LogP contribution in [0.25, 0.3) is 0 Å². The standard InChI is InChI=1S/C20H27N5O5S/c1-16(26)19-15-18(21-25(19)17-5-3-2-4-6-17)20(27)22-7-9-23(10-8-22)31(28,29)24-11-13-30-14-12-24/h2-6,19H,7-15H2,1H3. The third-order valence-electron chi connectivity index (χ3n) is 5.80. The first-order valence-corrected chi connectivity index (χ1v) is 11.8. The van der Waals surface area contributed by atoms with E-state index in [4.69, 9.17) is 4.74 Å². The van der Waals surface area contributed by atoms with Gasteiger partial charge < -0.3 is 9.64 Å². The van der Waals surface area contributed by atoms with E-state index in [0.717, 1.165) is 5.69 Å². The van der Waals surface area contributed by atoms with Gasteiger partial charge in [-0.1, -0.05) is 18.2 Å². The summed E-state index contributed by atoms with van der Waals surface area (Å²) in [6, 6.07) is 8.78. The van der Waals surface area contributed by atoms with Gasteiger partial charge in [-0.05, 0) is 19.1 Å². The molecule has 1 amide bonds. The smallest absolute Gasteiger partial charge is 0.282 e. The maximum absolute atomic E-state index is 13.1. The minimum Gasteiger partial charge on any atom is -0.379 e.